The summed E-state index contributed by atoms with van der Waals surface area (Å²) in [6.07, 6.45) is 3.97. The van der Waals surface area contributed by atoms with Crippen LogP contribution in [0.2, 0.25) is 0 Å². The molecule has 0 saturated heterocycles. The maximum atomic E-state index is 13.1. The van der Waals surface area contributed by atoms with Crippen molar-refractivity contribution in [3.63, 3.8) is 0 Å². The van der Waals surface area contributed by atoms with E-state index in [1.54, 1.807) is 24.5 Å². The van der Waals surface area contributed by atoms with E-state index in [9.17, 15) is 8.42 Å². The largest absolute Gasteiger partial charge is 0.337 e. The van der Waals surface area contributed by atoms with Gasteiger partial charge in [-0.15, -0.1) is 0 Å². The second kappa shape index (κ2) is 8.02. The molecule has 0 bridgehead atoms. The van der Waals surface area contributed by atoms with Gasteiger partial charge in [-0.2, -0.15) is 22.4 Å². The molecule has 0 aliphatic carbocycles. The van der Waals surface area contributed by atoms with Crippen LogP contribution in [0.3, 0.4) is 0 Å². The Labute approximate surface area is 170 Å². The van der Waals surface area contributed by atoms with E-state index in [2.05, 4.69) is 19.8 Å². The van der Waals surface area contributed by atoms with Crippen LogP contribution in [0.25, 0.3) is 11.4 Å². The summed E-state index contributed by atoms with van der Waals surface area (Å²) < 4.78 is 35.8. The van der Waals surface area contributed by atoms with Gasteiger partial charge in [0.1, 0.15) is 6.04 Å². The van der Waals surface area contributed by atoms with E-state index in [1.807, 2.05) is 38.1 Å². The maximum absolute atomic E-state index is 13.1. The first-order chi connectivity index (χ1) is 13.9. The summed E-state index contributed by atoms with van der Waals surface area (Å²) in [4.78, 5) is 8.39. The smallest absolute Gasteiger partial charge is 0.280 e. The molecule has 1 atom stereocenters. The van der Waals surface area contributed by atoms with Crippen molar-refractivity contribution in [2.75, 3.05) is 6.54 Å². The van der Waals surface area contributed by atoms with Crippen LogP contribution in [0.5, 0.6) is 0 Å². The second-order valence-electron chi connectivity index (χ2n) is 7.39. The van der Waals surface area contributed by atoms with Crippen LogP contribution in [-0.4, -0.2) is 34.4 Å². The lowest BCUT2D eigenvalue weighted by Gasteiger charge is -2.30. The van der Waals surface area contributed by atoms with Crippen molar-refractivity contribution in [3.8, 4) is 11.4 Å². The molecule has 4 rings (SSSR count). The van der Waals surface area contributed by atoms with Crippen molar-refractivity contribution in [1.82, 2.24) is 24.2 Å². The average Bonchev–Trinajstić information content (AvgIpc) is 3.22. The van der Waals surface area contributed by atoms with Gasteiger partial charge in [0.15, 0.2) is 0 Å². The lowest BCUT2D eigenvalue weighted by Crippen LogP contribution is -2.45. The highest BCUT2D eigenvalue weighted by Crippen LogP contribution is 2.26. The Bertz CT molecular complexity index is 1080. The van der Waals surface area contributed by atoms with Crippen molar-refractivity contribution < 1.29 is 12.9 Å². The van der Waals surface area contributed by atoms with Crippen LogP contribution in [-0.2, 0) is 23.2 Å². The molecule has 3 heterocycles. The number of benzene rings is 1. The summed E-state index contributed by atoms with van der Waals surface area (Å²) in [5.74, 6) is 0.569. The third kappa shape index (κ3) is 4.21. The van der Waals surface area contributed by atoms with Gasteiger partial charge in [-0.05, 0) is 35.6 Å². The van der Waals surface area contributed by atoms with Crippen LogP contribution in [0.15, 0.2) is 53.3 Å². The minimum absolute atomic E-state index is 0.0763. The van der Waals surface area contributed by atoms with Crippen molar-refractivity contribution in [2.24, 2.45) is 5.92 Å². The Kier molecular flexibility index (Phi) is 5.44. The summed E-state index contributed by atoms with van der Waals surface area (Å²) in [6.45, 7) is 4.61. The molecular formula is C20H23N5O3S. The molecule has 8 nitrogen and oxygen atoms in total. The van der Waals surface area contributed by atoms with E-state index >= 15 is 0 Å². The van der Waals surface area contributed by atoms with Crippen molar-refractivity contribution >= 4 is 10.2 Å². The molecule has 1 aliphatic heterocycles. The molecule has 9 heteroatoms. The van der Waals surface area contributed by atoms with E-state index in [-0.39, 0.29) is 11.8 Å². The van der Waals surface area contributed by atoms with Gasteiger partial charge in [0, 0.05) is 31.0 Å². The van der Waals surface area contributed by atoms with Gasteiger partial charge in [-0.25, -0.2) is 0 Å². The SMILES string of the molecule is CC(C)C(NS(=O)(=O)N1CCc2ccccc2C1)c1nc(-c2ccncc2)no1. The normalized spacial score (nSPS) is 16.0. The first-order valence-electron chi connectivity index (χ1n) is 9.52. The van der Waals surface area contributed by atoms with E-state index in [4.69, 9.17) is 4.52 Å². The van der Waals surface area contributed by atoms with E-state index < -0.39 is 16.3 Å². The molecule has 1 aliphatic rings. The second-order valence-corrected chi connectivity index (χ2v) is 9.09. The van der Waals surface area contributed by atoms with Crippen LogP contribution >= 0.6 is 0 Å². The molecular weight excluding hydrogens is 390 g/mol. The molecule has 0 fully saturated rings. The van der Waals surface area contributed by atoms with Crippen molar-refractivity contribution in [1.29, 1.82) is 0 Å². The number of pyridine rings is 1. The quantitative estimate of drug-likeness (QED) is 0.667. The van der Waals surface area contributed by atoms with Gasteiger partial charge in [-0.3, -0.25) is 4.98 Å². The highest BCUT2D eigenvalue weighted by atomic mass is 32.2. The lowest BCUT2D eigenvalue weighted by molar-refractivity contribution is 0.302. The first kappa shape index (κ1) is 19.7. The number of fused-ring (bicyclic) bond motifs is 1. The van der Waals surface area contributed by atoms with Gasteiger partial charge < -0.3 is 4.52 Å². The van der Waals surface area contributed by atoms with Gasteiger partial charge in [0.05, 0.1) is 0 Å². The van der Waals surface area contributed by atoms with Gasteiger partial charge >= 0.3 is 0 Å². The summed E-state index contributed by atoms with van der Waals surface area (Å²) in [5, 5.41) is 4.00. The van der Waals surface area contributed by atoms with Gasteiger partial charge in [0.25, 0.3) is 10.2 Å². The number of hydrogen-bond donors (Lipinski definition) is 1. The van der Waals surface area contributed by atoms with E-state index in [1.165, 1.54) is 9.87 Å². The third-order valence-corrected chi connectivity index (χ3v) is 6.57. The lowest BCUT2D eigenvalue weighted by atomic mass is 10.0. The average molecular weight is 414 g/mol. The molecule has 1 aromatic carbocycles. The van der Waals surface area contributed by atoms with E-state index in [0.29, 0.717) is 25.3 Å². The Morgan fingerprint density at radius 1 is 1.10 bits per heavy atom. The van der Waals surface area contributed by atoms with Gasteiger partial charge in [0.2, 0.25) is 11.7 Å². The van der Waals surface area contributed by atoms with E-state index in [0.717, 1.165) is 11.1 Å². The number of hydrogen-bond acceptors (Lipinski definition) is 6. The number of nitrogens with zero attached hydrogens (tertiary/aromatic N) is 4. The van der Waals surface area contributed by atoms with Crippen molar-refractivity contribution in [3.05, 3.63) is 65.8 Å². The molecule has 152 valence electrons. The molecule has 0 radical (unpaired) electrons. The van der Waals surface area contributed by atoms with Crippen LogP contribution < -0.4 is 4.72 Å². The molecule has 0 spiro atoms. The molecule has 0 saturated carbocycles. The number of nitrogens with one attached hydrogen (secondary N) is 1. The van der Waals surface area contributed by atoms with Crippen LogP contribution in [0.4, 0.5) is 0 Å². The Hall–Kier alpha value is -2.62. The minimum Gasteiger partial charge on any atom is -0.337 e. The minimum atomic E-state index is -3.73. The fourth-order valence-electron chi connectivity index (χ4n) is 3.36. The number of aromatic nitrogens is 3. The summed E-state index contributed by atoms with van der Waals surface area (Å²) >= 11 is 0. The predicted molar refractivity (Wildman–Crippen MR) is 108 cm³/mol. The molecule has 29 heavy (non-hydrogen) atoms. The Morgan fingerprint density at radius 2 is 1.83 bits per heavy atom. The molecule has 1 N–H and O–H groups in total. The molecule has 2 aromatic heterocycles. The highest BCUT2D eigenvalue weighted by Gasteiger charge is 2.33. The fourth-order valence-corrected chi connectivity index (χ4v) is 4.85. The van der Waals surface area contributed by atoms with Gasteiger partial charge in [-0.1, -0.05) is 43.3 Å². The monoisotopic (exact) mass is 413 g/mol. The fraction of sp³-hybridized carbons (Fsp3) is 0.350. The summed E-state index contributed by atoms with van der Waals surface area (Å²) in [7, 11) is -3.73. The van der Waals surface area contributed by atoms with Crippen LogP contribution in [0.1, 0.15) is 36.9 Å². The maximum Gasteiger partial charge on any atom is 0.280 e. The van der Waals surface area contributed by atoms with Crippen molar-refractivity contribution in [2.45, 2.75) is 32.9 Å². The van der Waals surface area contributed by atoms with Crippen LogP contribution in [0, 0.1) is 5.92 Å². The Balaban J connectivity index is 1.55. The standard InChI is InChI=1S/C20H23N5O3S/c1-14(2)18(20-22-19(23-28-20)16-7-10-21-11-8-16)24-29(26,27)25-12-9-15-5-3-4-6-17(15)13-25/h3-8,10-11,14,18,24H,9,12-13H2,1-2H3. The zero-order valence-electron chi connectivity index (χ0n) is 16.3. The summed E-state index contributed by atoms with van der Waals surface area (Å²) in [6, 6.07) is 10.8. The third-order valence-electron chi connectivity index (χ3n) is 5.02. The topological polar surface area (TPSA) is 101 Å². The summed E-state index contributed by atoms with van der Waals surface area (Å²) in [5.41, 5.74) is 2.98. The highest BCUT2D eigenvalue weighted by molar-refractivity contribution is 7.87. The molecule has 1 unspecified atom stereocenters. The Morgan fingerprint density at radius 3 is 2.55 bits per heavy atom. The molecule has 0 amide bonds. The first-order valence-corrected chi connectivity index (χ1v) is 11.0. The molecule has 3 aromatic rings. The number of rotatable bonds is 6. The zero-order chi connectivity index (χ0) is 20.4. The zero-order valence-corrected chi connectivity index (χ0v) is 17.1. The predicted octanol–water partition coefficient (Wildman–Crippen LogP) is 2.72.